The van der Waals surface area contributed by atoms with E-state index in [0.29, 0.717) is 0 Å². The number of amides is 1. The van der Waals surface area contributed by atoms with Crippen LogP contribution in [0.1, 0.15) is 42.5 Å². The summed E-state index contributed by atoms with van der Waals surface area (Å²) in [6, 6.07) is 2.91. The first-order chi connectivity index (χ1) is 8.67. The van der Waals surface area contributed by atoms with Crippen molar-refractivity contribution in [3.63, 3.8) is 0 Å². The number of aromatic nitrogens is 1. The summed E-state index contributed by atoms with van der Waals surface area (Å²) >= 11 is 0. The van der Waals surface area contributed by atoms with Crippen LogP contribution in [0.2, 0.25) is 0 Å². The van der Waals surface area contributed by atoms with Gasteiger partial charge < -0.3 is 10.4 Å². The maximum atomic E-state index is 13.4. The molecule has 0 radical (unpaired) electrons. The highest BCUT2D eigenvalue weighted by Crippen LogP contribution is 2.28. The zero-order valence-corrected chi connectivity index (χ0v) is 10.2. The molecule has 1 fully saturated rings. The van der Waals surface area contributed by atoms with Gasteiger partial charge in [-0.2, -0.15) is 4.39 Å². The van der Waals surface area contributed by atoms with Crippen molar-refractivity contribution in [2.24, 2.45) is 0 Å². The van der Waals surface area contributed by atoms with E-state index in [4.69, 9.17) is 0 Å². The number of hydrogen-bond donors (Lipinski definition) is 2. The first-order valence-electron chi connectivity index (χ1n) is 6.21. The molecule has 98 valence electrons. The van der Waals surface area contributed by atoms with Crippen LogP contribution in [0.15, 0.2) is 18.3 Å². The predicted molar refractivity (Wildman–Crippen MR) is 64.6 cm³/mol. The molecule has 2 N–H and O–H groups in total. The highest BCUT2D eigenvalue weighted by molar-refractivity contribution is 5.94. The normalized spacial score (nSPS) is 18.3. The zero-order chi connectivity index (χ0) is 13.0. The lowest BCUT2D eigenvalue weighted by atomic mass is 9.82. The van der Waals surface area contributed by atoms with E-state index in [9.17, 15) is 14.3 Å². The van der Waals surface area contributed by atoms with Gasteiger partial charge in [0.15, 0.2) is 0 Å². The second-order valence-electron chi connectivity index (χ2n) is 4.80. The summed E-state index contributed by atoms with van der Waals surface area (Å²) in [5, 5.41) is 12.3. The summed E-state index contributed by atoms with van der Waals surface area (Å²) < 4.78 is 13.4. The molecular weight excluding hydrogens is 235 g/mol. The van der Waals surface area contributed by atoms with Gasteiger partial charge in [-0.3, -0.25) is 4.79 Å². The van der Waals surface area contributed by atoms with Gasteiger partial charge in [0.2, 0.25) is 5.95 Å². The molecule has 18 heavy (non-hydrogen) atoms. The van der Waals surface area contributed by atoms with E-state index in [0.717, 1.165) is 32.1 Å². The third-order valence-corrected chi connectivity index (χ3v) is 3.50. The van der Waals surface area contributed by atoms with Crippen molar-refractivity contribution >= 4 is 5.91 Å². The second-order valence-corrected chi connectivity index (χ2v) is 4.80. The van der Waals surface area contributed by atoms with Crippen LogP contribution in [-0.2, 0) is 0 Å². The Kier molecular flexibility index (Phi) is 3.91. The standard InChI is InChI=1S/C13H17FN2O2/c14-11-10(5-4-8-15-11)12(18)16-13(9-17)6-2-1-3-7-13/h4-5,8,17H,1-3,6-7,9H2,(H,16,18). The van der Waals surface area contributed by atoms with Crippen LogP contribution in [0.3, 0.4) is 0 Å². The van der Waals surface area contributed by atoms with Crippen LogP contribution in [0.4, 0.5) is 4.39 Å². The van der Waals surface area contributed by atoms with Crippen LogP contribution in [-0.4, -0.2) is 28.1 Å². The summed E-state index contributed by atoms with van der Waals surface area (Å²) in [5.74, 6) is -1.28. The number of rotatable bonds is 3. The van der Waals surface area contributed by atoms with Crippen LogP contribution in [0, 0.1) is 5.95 Å². The van der Waals surface area contributed by atoms with Crippen molar-refractivity contribution < 1.29 is 14.3 Å². The Hall–Kier alpha value is -1.49. The van der Waals surface area contributed by atoms with E-state index >= 15 is 0 Å². The molecule has 4 nitrogen and oxygen atoms in total. The number of carbonyl (C=O) groups excluding carboxylic acids is 1. The molecule has 1 aliphatic carbocycles. The van der Waals surface area contributed by atoms with E-state index in [1.54, 1.807) is 0 Å². The molecule has 1 aromatic heterocycles. The maximum Gasteiger partial charge on any atom is 0.256 e. The topological polar surface area (TPSA) is 62.2 Å². The van der Waals surface area contributed by atoms with Crippen LogP contribution >= 0.6 is 0 Å². The molecule has 1 amide bonds. The summed E-state index contributed by atoms with van der Waals surface area (Å²) in [5.41, 5.74) is -0.673. The van der Waals surface area contributed by atoms with Gasteiger partial charge >= 0.3 is 0 Å². The maximum absolute atomic E-state index is 13.4. The number of nitrogens with one attached hydrogen (secondary N) is 1. The lowest BCUT2D eigenvalue weighted by Crippen LogP contribution is -2.52. The highest BCUT2D eigenvalue weighted by atomic mass is 19.1. The number of hydrogen-bond acceptors (Lipinski definition) is 3. The average Bonchev–Trinajstić information content (AvgIpc) is 2.40. The molecule has 2 rings (SSSR count). The summed E-state index contributed by atoms with van der Waals surface area (Å²) in [6.45, 7) is -0.110. The fourth-order valence-electron chi connectivity index (χ4n) is 2.41. The minimum absolute atomic E-state index is 0.0732. The Balaban J connectivity index is 2.13. The highest BCUT2D eigenvalue weighted by Gasteiger charge is 2.33. The number of halogens is 1. The molecule has 5 heteroatoms. The van der Waals surface area contributed by atoms with Gasteiger partial charge in [-0.25, -0.2) is 4.98 Å². The van der Waals surface area contributed by atoms with Crippen molar-refractivity contribution in [1.29, 1.82) is 0 Å². The number of aliphatic hydroxyl groups excluding tert-OH is 1. The smallest absolute Gasteiger partial charge is 0.256 e. The van der Waals surface area contributed by atoms with Crippen LogP contribution in [0.25, 0.3) is 0 Å². The first kappa shape index (κ1) is 13.0. The van der Waals surface area contributed by atoms with Gasteiger partial charge in [-0.1, -0.05) is 19.3 Å². The molecule has 1 heterocycles. The van der Waals surface area contributed by atoms with Crippen molar-refractivity contribution in [3.05, 3.63) is 29.8 Å². The fourth-order valence-corrected chi connectivity index (χ4v) is 2.41. The lowest BCUT2D eigenvalue weighted by molar-refractivity contribution is 0.0754. The number of carbonyl (C=O) groups is 1. The summed E-state index contributed by atoms with van der Waals surface area (Å²) in [4.78, 5) is 15.4. The molecule has 0 spiro atoms. The molecule has 1 aliphatic rings. The third-order valence-electron chi connectivity index (χ3n) is 3.50. The van der Waals surface area contributed by atoms with Gasteiger partial charge in [0, 0.05) is 6.20 Å². The van der Waals surface area contributed by atoms with Gasteiger partial charge in [0.25, 0.3) is 5.91 Å². The molecule has 0 aliphatic heterocycles. The largest absolute Gasteiger partial charge is 0.394 e. The van der Waals surface area contributed by atoms with Crippen LogP contribution < -0.4 is 5.32 Å². The van der Waals surface area contributed by atoms with E-state index in [1.807, 2.05) is 0 Å². The van der Waals surface area contributed by atoms with E-state index < -0.39 is 17.4 Å². The number of nitrogens with zero attached hydrogens (tertiary/aromatic N) is 1. The molecule has 0 saturated heterocycles. The van der Waals surface area contributed by atoms with Crippen LogP contribution in [0.5, 0.6) is 0 Å². The summed E-state index contributed by atoms with van der Waals surface area (Å²) in [6.07, 6.45) is 5.81. The lowest BCUT2D eigenvalue weighted by Gasteiger charge is -2.36. The van der Waals surface area contributed by atoms with E-state index in [-0.39, 0.29) is 12.2 Å². The molecule has 1 aromatic rings. The molecule has 0 atom stereocenters. The van der Waals surface area contributed by atoms with Crippen molar-refractivity contribution in [2.75, 3.05) is 6.61 Å². The van der Waals surface area contributed by atoms with Crippen molar-refractivity contribution in [2.45, 2.75) is 37.6 Å². The fraction of sp³-hybridized carbons (Fsp3) is 0.538. The van der Waals surface area contributed by atoms with Crippen molar-refractivity contribution in [3.8, 4) is 0 Å². The Morgan fingerprint density at radius 2 is 2.17 bits per heavy atom. The second kappa shape index (κ2) is 5.44. The Morgan fingerprint density at radius 3 is 2.78 bits per heavy atom. The molecule has 1 saturated carbocycles. The van der Waals surface area contributed by atoms with Crippen molar-refractivity contribution in [1.82, 2.24) is 10.3 Å². The Bertz CT molecular complexity index is 431. The molecule has 0 aromatic carbocycles. The summed E-state index contributed by atoms with van der Waals surface area (Å²) in [7, 11) is 0. The average molecular weight is 252 g/mol. The minimum atomic E-state index is -0.779. The Morgan fingerprint density at radius 1 is 1.44 bits per heavy atom. The van der Waals surface area contributed by atoms with E-state index in [1.165, 1.54) is 18.3 Å². The SMILES string of the molecule is O=C(NC1(CO)CCCCC1)c1cccnc1F. The molecule has 0 bridgehead atoms. The minimum Gasteiger partial charge on any atom is -0.394 e. The van der Waals surface area contributed by atoms with Gasteiger partial charge in [-0.05, 0) is 25.0 Å². The molecule has 0 unspecified atom stereocenters. The monoisotopic (exact) mass is 252 g/mol. The number of pyridine rings is 1. The molecular formula is C13H17FN2O2. The van der Waals surface area contributed by atoms with Gasteiger partial charge in [-0.15, -0.1) is 0 Å². The van der Waals surface area contributed by atoms with E-state index in [2.05, 4.69) is 10.3 Å². The zero-order valence-electron chi connectivity index (χ0n) is 10.2. The van der Waals surface area contributed by atoms with Gasteiger partial charge in [0.05, 0.1) is 17.7 Å². The predicted octanol–water partition coefficient (Wildman–Crippen LogP) is 1.65. The Labute approximate surface area is 105 Å². The quantitative estimate of drug-likeness (QED) is 0.804. The third kappa shape index (κ3) is 2.67. The van der Waals surface area contributed by atoms with Gasteiger partial charge in [0.1, 0.15) is 0 Å². The first-order valence-corrected chi connectivity index (χ1v) is 6.21. The number of aliphatic hydroxyl groups is 1.